The third-order valence-corrected chi connectivity index (χ3v) is 7.02. The SMILES string of the molecule is COCC(NC1CCN(CCCc2c[nH]c3ccc(-n4cnnc4)cc23)CC1)c1ccc(F)cc1. The van der Waals surface area contributed by atoms with Crippen LogP contribution < -0.4 is 5.32 Å². The number of hydrogen-bond acceptors (Lipinski definition) is 5. The van der Waals surface area contributed by atoms with Crippen LogP contribution in [0, 0.1) is 5.82 Å². The fraction of sp³-hybridized carbons (Fsp3) is 0.407. The number of aromatic nitrogens is 4. The minimum atomic E-state index is -0.207. The summed E-state index contributed by atoms with van der Waals surface area (Å²) < 4.78 is 20.7. The second kappa shape index (κ2) is 11.1. The van der Waals surface area contributed by atoms with Crippen LogP contribution in [0.1, 0.15) is 36.4 Å². The van der Waals surface area contributed by atoms with Gasteiger partial charge in [-0.3, -0.25) is 4.57 Å². The monoisotopic (exact) mass is 476 g/mol. The lowest BCUT2D eigenvalue weighted by Gasteiger charge is -2.34. The van der Waals surface area contributed by atoms with Crippen LogP contribution in [0.15, 0.2) is 61.3 Å². The second-order valence-electron chi connectivity index (χ2n) is 9.36. The molecule has 0 spiro atoms. The first-order valence-corrected chi connectivity index (χ1v) is 12.4. The highest BCUT2D eigenvalue weighted by Gasteiger charge is 2.22. The van der Waals surface area contributed by atoms with E-state index >= 15 is 0 Å². The van der Waals surface area contributed by atoms with E-state index in [4.69, 9.17) is 4.74 Å². The molecule has 4 aromatic rings. The standard InChI is InChI=1S/C27H33FN6O/c1-35-17-27(20-4-6-22(28)7-5-20)32-23-10-13-33(14-11-23)12-2-3-21-16-29-26-9-8-24(15-25(21)26)34-18-30-31-19-34/h4-9,15-16,18-19,23,27,29,32H,2-3,10-14,17H2,1H3. The molecule has 1 aliphatic heterocycles. The molecule has 184 valence electrons. The Morgan fingerprint density at radius 2 is 1.89 bits per heavy atom. The van der Waals surface area contributed by atoms with Gasteiger partial charge in [-0.1, -0.05) is 12.1 Å². The first-order valence-electron chi connectivity index (χ1n) is 12.4. The van der Waals surface area contributed by atoms with E-state index in [1.807, 2.05) is 16.7 Å². The maximum absolute atomic E-state index is 13.3. The molecule has 0 radical (unpaired) electrons. The van der Waals surface area contributed by atoms with Crippen molar-refractivity contribution in [1.29, 1.82) is 0 Å². The molecule has 0 bridgehead atoms. The molecule has 0 aliphatic carbocycles. The zero-order valence-electron chi connectivity index (χ0n) is 20.2. The van der Waals surface area contributed by atoms with Crippen LogP contribution in [0.5, 0.6) is 0 Å². The Labute approximate surface area is 205 Å². The zero-order valence-corrected chi connectivity index (χ0v) is 20.2. The van der Waals surface area contributed by atoms with Crippen LogP contribution in [0.2, 0.25) is 0 Å². The highest BCUT2D eigenvalue weighted by Crippen LogP contribution is 2.24. The Hall–Kier alpha value is -3.07. The van der Waals surface area contributed by atoms with Crippen LogP contribution in [0.3, 0.4) is 0 Å². The van der Waals surface area contributed by atoms with Crippen molar-refractivity contribution in [2.24, 2.45) is 0 Å². The summed E-state index contributed by atoms with van der Waals surface area (Å²) in [5.41, 5.74) is 4.66. The van der Waals surface area contributed by atoms with Crippen molar-refractivity contribution >= 4 is 10.9 Å². The van der Waals surface area contributed by atoms with Crippen molar-refractivity contribution in [3.05, 3.63) is 78.3 Å². The van der Waals surface area contributed by atoms with E-state index in [1.165, 1.54) is 23.1 Å². The number of fused-ring (bicyclic) bond motifs is 1. The summed E-state index contributed by atoms with van der Waals surface area (Å²) in [6, 6.07) is 13.7. The Balaban J connectivity index is 1.11. The largest absolute Gasteiger partial charge is 0.383 e. The van der Waals surface area contributed by atoms with Crippen molar-refractivity contribution in [1.82, 2.24) is 30.0 Å². The molecule has 35 heavy (non-hydrogen) atoms. The van der Waals surface area contributed by atoms with E-state index in [-0.39, 0.29) is 11.9 Å². The molecule has 1 atom stereocenters. The number of nitrogens with zero attached hydrogens (tertiary/aromatic N) is 4. The van der Waals surface area contributed by atoms with Gasteiger partial charge in [-0.15, -0.1) is 10.2 Å². The summed E-state index contributed by atoms with van der Waals surface area (Å²) >= 11 is 0. The number of piperidine rings is 1. The number of nitrogens with one attached hydrogen (secondary N) is 2. The first-order chi connectivity index (χ1) is 17.2. The first kappa shape index (κ1) is 23.7. The smallest absolute Gasteiger partial charge is 0.123 e. The molecular weight excluding hydrogens is 443 g/mol. The molecule has 3 heterocycles. The molecule has 2 N–H and O–H groups in total. The molecule has 2 aromatic carbocycles. The lowest BCUT2D eigenvalue weighted by atomic mass is 10.0. The number of ether oxygens (including phenoxy) is 1. The molecule has 1 aliphatic rings. The summed E-state index contributed by atoms with van der Waals surface area (Å²) in [6.45, 7) is 3.86. The predicted octanol–water partition coefficient (Wildman–Crippen LogP) is 4.26. The molecule has 8 heteroatoms. The molecule has 1 unspecified atom stereocenters. The molecule has 1 fully saturated rings. The average Bonchev–Trinajstić information content (AvgIpc) is 3.56. The quantitative estimate of drug-likeness (QED) is 0.358. The number of halogens is 1. The summed E-state index contributed by atoms with van der Waals surface area (Å²) in [6.07, 6.45) is 9.98. The Morgan fingerprint density at radius 1 is 1.11 bits per heavy atom. The van der Waals surface area contributed by atoms with Gasteiger partial charge in [-0.25, -0.2) is 4.39 Å². The van der Waals surface area contributed by atoms with E-state index in [0.29, 0.717) is 12.6 Å². The number of likely N-dealkylation sites (tertiary alicyclic amines) is 1. The molecule has 0 amide bonds. The number of aromatic amines is 1. The number of H-pyrrole nitrogens is 1. The van der Waals surface area contributed by atoms with Crippen LogP contribution in [-0.2, 0) is 11.2 Å². The molecule has 5 rings (SSSR count). The highest BCUT2D eigenvalue weighted by molar-refractivity contribution is 5.85. The van der Waals surface area contributed by atoms with Gasteiger partial charge in [-0.05, 0) is 86.8 Å². The van der Waals surface area contributed by atoms with Gasteiger partial charge >= 0.3 is 0 Å². The van der Waals surface area contributed by atoms with Crippen molar-refractivity contribution < 1.29 is 9.13 Å². The van der Waals surface area contributed by atoms with Crippen molar-refractivity contribution in [3.63, 3.8) is 0 Å². The van der Waals surface area contributed by atoms with Crippen LogP contribution in [-0.4, -0.2) is 64.0 Å². The Kier molecular flexibility index (Phi) is 7.51. The van der Waals surface area contributed by atoms with Gasteiger partial charge < -0.3 is 19.9 Å². The average molecular weight is 477 g/mol. The van der Waals surface area contributed by atoms with Gasteiger partial charge in [0, 0.05) is 35.9 Å². The summed E-state index contributed by atoms with van der Waals surface area (Å²) in [4.78, 5) is 5.97. The summed E-state index contributed by atoms with van der Waals surface area (Å²) in [5, 5.41) is 12.8. The van der Waals surface area contributed by atoms with Crippen LogP contribution in [0.4, 0.5) is 4.39 Å². The third-order valence-electron chi connectivity index (χ3n) is 7.02. The van der Waals surface area contributed by atoms with Gasteiger partial charge in [0.2, 0.25) is 0 Å². The van der Waals surface area contributed by atoms with Gasteiger partial charge in [0.15, 0.2) is 0 Å². The highest BCUT2D eigenvalue weighted by atomic mass is 19.1. The van der Waals surface area contributed by atoms with E-state index in [0.717, 1.165) is 62.1 Å². The fourth-order valence-electron chi connectivity index (χ4n) is 5.07. The minimum Gasteiger partial charge on any atom is -0.383 e. The molecule has 2 aromatic heterocycles. The van der Waals surface area contributed by atoms with Crippen LogP contribution in [0.25, 0.3) is 16.6 Å². The molecular formula is C27H33FN6O. The fourth-order valence-corrected chi connectivity index (χ4v) is 5.07. The van der Waals surface area contributed by atoms with E-state index in [1.54, 1.807) is 19.8 Å². The van der Waals surface area contributed by atoms with Gasteiger partial charge in [-0.2, -0.15) is 0 Å². The van der Waals surface area contributed by atoms with E-state index in [9.17, 15) is 4.39 Å². The number of rotatable bonds is 10. The Morgan fingerprint density at radius 3 is 2.63 bits per heavy atom. The van der Waals surface area contributed by atoms with E-state index in [2.05, 4.69) is 49.8 Å². The predicted molar refractivity (Wildman–Crippen MR) is 135 cm³/mol. The Bertz CT molecular complexity index is 1200. The topological polar surface area (TPSA) is 71.0 Å². The van der Waals surface area contributed by atoms with Crippen molar-refractivity contribution in [2.45, 2.75) is 37.8 Å². The number of benzene rings is 2. The zero-order chi connectivity index (χ0) is 24.0. The van der Waals surface area contributed by atoms with Gasteiger partial charge in [0.1, 0.15) is 18.5 Å². The third kappa shape index (κ3) is 5.78. The summed E-state index contributed by atoms with van der Waals surface area (Å²) in [5.74, 6) is -0.207. The lowest BCUT2D eigenvalue weighted by molar-refractivity contribution is 0.141. The molecule has 7 nitrogen and oxygen atoms in total. The number of aryl methyl sites for hydroxylation is 1. The van der Waals surface area contributed by atoms with Crippen LogP contribution >= 0.6 is 0 Å². The number of hydrogen-bond donors (Lipinski definition) is 2. The van der Waals surface area contributed by atoms with Crippen molar-refractivity contribution in [3.8, 4) is 5.69 Å². The maximum atomic E-state index is 13.3. The van der Waals surface area contributed by atoms with Gasteiger partial charge in [0.05, 0.1) is 12.6 Å². The van der Waals surface area contributed by atoms with E-state index < -0.39 is 0 Å². The van der Waals surface area contributed by atoms with Crippen molar-refractivity contribution in [2.75, 3.05) is 33.4 Å². The molecule has 0 saturated carbocycles. The maximum Gasteiger partial charge on any atom is 0.123 e. The normalized spacial score (nSPS) is 16.2. The minimum absolute atomic E-state index is 0.0852. The summed E-state index contributed by atoms with van der Waals surface area (Å²) in [7, 11) is 1.71. The van der Waals surface area contributed by atoms with Gasteiger partial charge in [0.25, 0.3) is 0 Å². The lowest BCUT2D eigenvalue weighted by Crippen LogP contribution is -2.44. The molecule has 1 saturated heterocycles. The number of methoxy groups -OCH3 is 1. The second-order valence-corrected chi connectivity index (χ2v) is 9.36.